The largest absolute Gasteiger partial charge is 0.0710 e. The molecule has 6 rings (SSSR count). The maximum atomic E-state index is 2.51. The summed E-state index contributed by atoms with van der Waals surface area (Å²) in [4.78, 5) is 0. The SMILES string of the molecule is CC1=C(C)C(C)(C)CC1C.CC1C2C(C)(C)C2(C)C(C)C1(C)C.CCC1(C)CC(C)C(C)=C1C.CCC12C(C)C(C)(C)C(C)C1C2(C)C. The zero-order chi connectivity index (χ0) is 37.8. The Kier molecular flexibility index (Phi) is 11.0. The lowest BCUT2D eigenvalue weighted by Crippen LogP contribution is -2.32. The van der Waals surface area contributed by atoms with E-state index in [1.807, 2.05) is 0 Å². The standard InChI is InChI=1S/C14H26.C13H24.C11H20.C10H18/c1-8-14-10(3)12(4,5)9(2)11(14)13(14,6)7;1-8-10-12(5,6)13(10,7)9(2)11(8,3)4;1-6-11(5)7-8(2)9(3)10(11)4;1-7-6-10(4,5)9(3)8(7)2/h9-11H,8H2,1-7H3;8-10H,1-7H3;8H,6-7H2,1-5H3;7H,6H2,1-5H3. The first-order valence-corrected chi connectivity index (χ1v) is 20.7. The van der Waals surface area contributed by atoms with Crippen molar-refractivity contribution in [3.05, 3.63) is 22.3 Å². The van der Waals surface area contributed by atoms with Crippen LogP contribution in [0.5, 0.6) is 0 Å². The third-order valence-electron chi connectivity index (χ3n) is 19.9. The van der Waals surface area contributed by atoms with Gasteiger partial charge in [0.1, 0.15) is 0 Å². The molecule has 48 heavy (non-hydrogen) atoms. The molecule has 0 heteroatoms. The normalized spacial score (nSPS) is 46.0. The molecule has 0 aromatic carbocycles. The average molecular weight is 665 g/mol. The average Bonchev–Trinajstić information content (AvgIpc) is 3.52. The molecule has 6 aliphatic rings. The number of hydrogen-bond donors (Lipinski definition) is 0. The highest BCUT2D eigenvalue weighted by molar-refractivity contribution is 5.29. The van der Waals surface area contributed by atoms with Gasteiger partial charge >= 0.3 is 0 Å². The minimum atomic E-state index is 0.476. The fourth-order valence-electron chi connectivity index (χ4n) is 14.1. The first kappa shape index (κ1) is 41.9. The number of allylic oxidation sites excluding steroid dienone is 4. The molecule has 4 saturated carbocycles. The molecular weight excluding hydrogens is 577 g/mol. The zero-order valence-corrected chi connectivity index (χ0v) is 37.4. The van der Waals surface area contributed by atoms with Crippen LogP contribution in [0.15, 0.2) is 22.3 Å². The van der Waals surface area contributed by atoms with Gasteiger partial charge in [0.2, 0.25) is 0 Å². The minimum absolute atomic E-state index is 0.476. The summed E-state index contributed by atoms with van der Waals surface area (Å²) in [5, 5.41) is 0. The molecule has 0 heterocycles. The molecule has 4 fully saturated rings. The smallest absolute Gasteiger partial charge is 0.0113 e. The predicted molar refractivity (Wildman–Crippen MR) is 216 cm³/mol. The van der Waals surface area contributed by atoms with Crippen molar-refractivity contribution in [2.45, 2.75) is 192 Å². The quantitative estimate of drug-likeness (QED) is 0.258. The molecule has 11 atom stereocenters. The monoisotopic (exact) mass is 665 g/mol. The van der Waals surface area contributed by atoms with Crippen LogP contribution < -0.4 is 0 Å². The lowest BCUT2D eigenvalue weighted by Gasteiger charge is -2.39. The molecule has 0 N–H and O–H groups in total. The fourth-order valence-corrected chi connectivity index (χ4v) is 14.1. The van der Waals surface area contributed by atoms with Crippen LogP contribution >= 0.6 is 0 Å². The highest BCUT2D eigenvalue weighted by atomic mass is 14.8. The predicted octanol–water partition coefficient (Wildman–Crippen LogP) is 15.5. The van der Waals surface area contributed by atoms with Crippen molar-refractivity contribution in [3.8, 4) is 0 Å². The Labute approximate surface area is 303 Å². The van der Waals surface area contributed by atoms with Gasteiger partial charge in [-0.15, -0.1) is 0 Å². The van der Waals surface area contributed by atoms with Crippen molar-refractivity contribution in [1.82, 2.24) is 0 Å². The lowest BCUT2D eigenvalue weighted by atomic mass is 9.66. The van der Waals surface area contributed by atoms with E-state index in [4.69, 9.17) is 0 Å². The summed E-state index contributed by atoms with van der Waals surface area (Å²) in [6.07, 6.45) is 5.37. The Bertz CT molecular complexity index is 1250. The molecule has 0 radical (unpaired) electrons. The van der Waals surface area contributed by atoms with Crippen molar-refractivity contribution in [2.75, 3.05) is 0 Å². The van der Waals surface area contributed by atoms with Crippen molar-refractivity contribution in [1.29, 1.82) is 0 Å². The first-order valence-electron chi connectivity index (χ1n) is 20.7. The van der Waals surface area contributed by atoms with Gasteiger partial charge in [-0.1, -0.05) is 161 Å². The van der Waals surface area contributed by atoms with Crippen LogP contribution in [0, 0.1) is 90.7 Å². The van der Waals surface area contributed by atoms with Crippen molar-refractivity contribution in [3.63, 3.8) is 0 Å². The molecule has 0 bridgehead atoms. The van der Waals surface area contributed by atoms with Gasteiger partial charge in [0.15, 0.2) is 0 Å². The van der Waals surface area contributed by atoms with Crippen molar-refractivity contribution < 1.29 is 0 Å². The third-order valence-corrected chi connectivity index (χ3v) is 19.9. The van der Waals surface area contributed by atoms with E-state index in [1.165, 1.54) is 25.7 Å². The topological polar surface area (TPSA) is 0 Å². The van der Waals surface area contributed by atoms with Crippen LogP contribution in [0.1, 0.15) is 192 Å². The van der Waals surface area contributed by atoms with E-state index in [1.54, 1.807) is 22.3 Å². The number of fused-ring (bicyclic) bond motifs is 2. The Morgan fingerprint density at radius 3 is 1.12 bits per heavy atom. The summed E-state index contributed by atoms with van der Waals surface area (Å²) in [5.74, 6) is 7.12. The molecule has 0 aliphatic heterocycles. The van der Waals surface area contributed by atoms with E-state index >= 15 is 0 Å². The molecular formula is C48H88. The minimum Gasteiger partial charge on any atom is -0.0710 e. The van der Waals surface area contributed by atoms with Gasteiger partial charge in [0, 0.05) is 0 Å². The van der Waals surface area contributed by atoms with Crippen LogP contribution in [0.2, 0.25) is 0 Å². The zero-order valence-electron chi connectivity index (χ0n) is 37.4. The maximum Gasteiger partial charge on any atom is -0.0113 e. The van der Waals surface area contributed by atoms with E-state index in [-0.39, 0.29) is 0 Å². The van der Waals surface area contributed by atoms with Crippen LogP contribution in [0.3, 0.4) is 0 Å². The Hall–Kier alpha value is -0.520. The second-order valence-corrected chi connectivity index (χ2v) is 22.4. The molecule has 0 saturated heterocycles. The summed E-state index contributed by atoms with van der Waals surface area (Å²) in [6, 6.07) is 0. The van der Waals surface area contributed by atoms with E-state index in [0.717, 1.165) is 47.3 Å². The molecule has 0 aromatic heterocycles. The first-order chi connectivity index (χ1) is 21.4. The van der Waals surface area contributed by atoms with Crippen LogP contribution in [-0.2, 0) is 0 Å². The molecule has 0 aromatic rings. The van der Waals surface area contributed by atoms with Gasteiger partial charge in [-0.3, -0.25) is 0 Å². The van der Waals surface area contributed by atoms with Gasteiger partial charge in [0.25, 0.3) is 0 Å². The Balaban J connectivity index is 0.000000175. The van der Waals surface area contributed by atoms with E-state index in [0.29, 0.717) is 43.3 Å². The highest BCUT2D eigenvalue weighted by Crippen LogP contribution is 2.85. The van der Waals surface area contributed by atoms with Gasteiger partial charge in [-0.25, -0.2) is 0 Å². The molecule has 280 valence electrons. The summed E-state index contributed by atoms with van der Waals surface area (Å²) >= 11 is 0. The molecule has 6 aliphatic carbocycles. The maximum absolute atomic E-state index is 2.51. The third kappa shape index (κ3) is 5.71. The van der Waals surface area contributed by atoms with Crippen LogP contribution in [0.25, 0.3) is 0 Å². The number of hydrogen-bond acceptors (Lipinski definition) is 0. The second-order valence-electron chi connectivity index (χ2n) is 22.4. The lowest BCUT2D eigenvalue weighted by molar-refractivity contribution is 0.0933. The van der Waals surface area contributed by atoms with Gasteiger partial charge in [-0.2, -0.15) is 0 Å². The van der Waals surface area contributed by atoms with Gasteiger partial charge < -0.3 is 0 Å². The van der Waals surface area contributed by atoms with E-state index < -0.39 is 0 Å². The molecule has 0 amide bonds. The second kappa shape index (κ2) is 12.6. The van der Waals surface area contributed by atoms with Crippen molar-refractivity contribution >= 4 is 0 Å². The molecule has 0 nitrogen and oxygen atoms in total. The van der Waals surface area contributed by atoms with Crippen LogP contribution in [-0.4, -0.2) is 0 Å². The summed E-state index contributed by atoms with van der Waals surface area (Å²) in [5.41, 5.74) is 11.1. The fraction of sp³-hybridized carbons (Fsp3) is 0.917. The summed E-state index contributed by atoms with van der Waals surface area (Å²) < 4.78 is 0. The van der Waals surface area contributed by atoms with E-state index in [9.17, 15) is 0 Å². The van der Waals surface area contributed by atoms with E-state index in [2.05, 4.69) is 166 Å². The molecule has 11 unspecified atom stereocenters. The summed E-state index contributed by atoms with van der Waals surface area (Å²) in [7, 11) is 0. The molecule has 0 spiro atoms. The van der Waals surface area contributed by atoms with Gasteiger partial charge in [0.05, 0.1) is 0 Å². The van der Waals surface area contributed by atoms with Gasteiger partial charge in [-0.05, 0) is 144 Å². The summed E-state index contributed by atoms with van der Waals surface area (Å²) in [6.45, 7) is 57.8. The Morgan fingerprint density at radius 2 is 0.917 bits per heavy atom. The van der Waals surface area contributed by atoms with Crippen LogP contribution in [0.4, 0.5) is 0 Å². The number of rotatable bonds is 2. The highest BCUT2D eigenvalue weighted by Gasteiger charge is 2.80. The Morgan fingerprint density at radius 1 is 0.500 bits per heavy atom. The van der Waals surface area contributed by atoms with Crippen molar-refractivity contribution in [2.24, 2.45) is 90.7 Å².